The van der Waals surface area contributed by atoms with Crippen LogP contribution in [0.1, 0.15) is 6.92 Å². The van der Waals surface area contributed by atoms with Crippen molar-refractivity contribution in [1.82, 2.24) is 14.7 Å². The Morgan fingerprint density at radius 3 is 1.64 bits per heavy atom. The van der Waals surface area contributed by atoms with Gasteiger partial charge < -0.3 is 20.1 Å². The van der Waals surface area contributed by atoms with E-state index in [2.05, 4.69) is 4.74 Å². The van der Waals surface area contributed by atoms with Crippen molar-refractivity contribution >= 4 is 24.4 Å². The van der Waals surface area contributed by atoms with E-state index in [4.69, 9.17) is 15.3 Å². The number of hydrogen-bond donors (Lipinski definition) is 3. The van der Waals surface area contributed by atoms with Crippen LogP contribution in [0.4, 0.5) is 0 Å². The number of carboxylic acid groups (broad SMARTS) is 3. The molecule has 0 amide bonds. The second-order valence-electron chi connectivity index (χ2n) is 5.27. The van der Waals surface area contributed by atoms with Crippen molar-refractivity contribution in [3.63, 3.8) is 0 Å². The van der Waals surface area contributed by atoms with Gasteiger partial charge in [0.1, 0.15) is 6.73 Å². The van der Waals surface area contributed by atoms with Crippen LogP contribution in [0, 0.1) is 0 Å². The van der Waals surface area contributed by atoms with Gasteiger partial charge in [0.05, 0.1) is 19.6 Å². The van der Waals surface area contributed by atoms with Crippen molar-refractivity contribution in [2.45, 2.75) is 6.92 Å². The fraction of sp³-hybridized carbons (Fsp3) is 0.714. The van der Waals surface area contributed by atoms with Crippen molar-refractivity contribution in [2.75, 3.05) is 59.1 Å². The lowest BCUT2D eigenvalue weighted by molar-refractivity contribution is -0.144. The molecule has 0 aliphatic rings. The number of rotatable bonds is 16. The predicted molar refractivity (Wildman–Crippen MR) is 85.1 cm³/mol. The summed E-state index contributed by atoms with van der Waals surface area (Å²) < 4.78 is 4.54. The highest BCUT2D eigenvalue weighted by atomic mass is 16.5. The molecule has 0 aromatic heterocycles. The molecule has 0 heterocycles. The van der Waals surface area contributed by atoms with Gasteiger partial charge in [-0.1, -0.05) is 6.92 Å². The summed E-state index contributed by atoms with van der Waals surface area (Å²) in [5.74, 6) is -3.11. The molecule has 11 heteroatoms. The Morgan fingerprint density at radius 1 is 0.800 bits per heavy atom. The Morgan fingerprint density at radius 2 is 1.20 bits per heavy atom. The average molecular weight is 363 g/mol. The summed E-state index contributed by atoms with van der Waals surface area (Å²) in [5, 5.41) is 26.6. The maximum Gasteiger partial charge on any atom is 0.317 e. The number of nitrogens with zero attached hydrogens (tertiary/aromatic N) is 3. The number of likely N-dealkylation sites (N-methyl/N-ethyl adjacent to an activating group) is 1. The first-order valence-corrected chi connectivity index (χ1v) is 7.66. The van der Waals surface area contributed by atoms with Gasteiger partial charge in [0, 0.05) is 26.2 Å². The molecule has 0 atom stereocenters. The summed E-state index contributed by atoms with van der Waals surface area (Å²) in [7, 11) is 0. The van der Waals surface area contributed by atoms with E-state index >= 15 is 0 Å². The molecule has 0 saturated heterocycles. The predicted octanol–water partition coefficient (Wildman–Crippen LogP) is -1.70. The first-order chi connectivity index (χ1) is 11.8. The summed E-state index contributed by atoms with van der Waals surface area (Å²) in [6.07, 6.45) is 0. The Bertz CT molecular complexity index is 446. The molecule has 0 rings (SSSR count). The smallest absolute Gasteiger partial charge is 0.317 e. The van der Waals surface area contributed by atoms with Gasteiger partial charge in [-0.05, 0) is 6.54 Å². The summed E-state index contributed by atoms with van der Waals surface area (Å²) in [6, 6.07) is 0. The van der Waals surface area contributed by atoms with Gasteiger partial charge in [0.2, 0.25) is 0 Å². The van der Waals surface area contributed by atoms with Crippen molar-refractivity contribution in [3.05, 3.63) is 0 Å². The molecule has 0 fully saturated rings. The molecule has 0 aliphatic carbocycles. The maximum atomic E-state index is 11.0. The number of carbonyl (C=O) groups excluding carboxylic acids is 1. The van der Waals surface area contributed by atoms with Gasteiger partial charge in [0.25, 0.3) is 6.47 Å². The van der Waals surface area contributed by atoms with Crippen LogP contribution in [-0.4, -0.2) is 113 Å². The molecule has 0 spiro atoms. The molecular formula is C14H25N3O8. The zero-order chi connectivity index (χ0) is 19.2. The number of carbonyl (C=O) groups is 4. The van der Waals surface area contributed by atoms with Gasteiger partial charge in [-0.15, -0.1) is 0 Å². The van der Waals surface area contributed by atoms with Crippen LogP contribution in [-0.2, 0) is 23.9 Å². The number of aliphatic carboxylic acids is 3. The third-order valence-corrected chi connectivity index (χ3v) is 3.31. The third kappa shape index (κ3) is 12.8. The Labute approximate surface area is 145 Å². The fourth-order valence-corrected chi connectivity index (χ4v) is 2.08. The minimum absolute atomic E-state index is 0.143. The highest BCUT2D eigenvalue weighted by Gasteiger charge is 2.16. The van der Waals surface area contributed by atoms with Crippen molar-refractivity contribution in [2.24, 2.45) is 0 Å². The molecule has 0 radical (unpaired) electrons. The van der Waals surface area contributed by atoms with Crippen molar-refractivity contribution in [3.8, 4) is 0 Å². The monoisotopic (exact) mass is 363 g/mol. The standard InChI is InChI=1S/C14H25N3O8/c1-2-15(7-12(19)20)3-4-16(8-13(21)22)5-6-17(9-14(23)24)10-25-11-18/h11H,2-10H2,1H3,(H,19,20)(H,21,22)(H,23,24). The van der Waals surface area contributed by atoms with Gasteiger partial charge in [-0.2, -0.15) is 0 Å². The summed E-state index contributed by atoms with van der Waals surface area (Å²) in [5.41, 5.74) is 0. The number of ether oxygens (including phenoxy) is 1. The van der Waals surface area contributed by atoms with E-state index in [1.165, 1.54) is 4.90 Å². The second kappa shape index (κ2) is 13.1. The third-order valence-electron chi connectivity index (χ3n) is 3.31. The quantitative estimate of drug-likeness (QED) is 0.213. The summed E-state index contributed by atoms with van der Waals surface area (Å²) in [4.78, 5) is 47.3. The van der Waals surface area contributed by atoms with Gasteiger partial charge in [-0.25, -0.2) is 0 Å². The Hall–Kier alpha value is -2.24. The van der Waals surface area contributed by atoms with E-state index in [0.717, 1.165) is 0 Å². The van der Waals surface area contributed by atoms with E-state index in [0.29, 0.717) is 19.6 Å². The van der Waals surface area contributed by atoms with Crippen LogP contribution in [0.15, 0.2) is 0 Å². The molecule has 0 aromatic carbocycles. The Kier molecular flexibility index (Phi) is 11.9. The maximum absolute atomic E-state index is 11.0. The van der Waals surface area contributed by atoms with Crippen molar-refractivity contribution < 1.29 is 39.2 Å². The van der Waals surface area contributed by atoms with Crippen LogP contribution in [0.2, 0.25) is 0 Å². The highest BCUT2D eigenvalue weighted by molar-refractivity contribution is 5.69. The number of carboxylic acids is 3. The van der Waals surface area contributed by atoms with E-state index in [9.17, 15) is 19.2 Å². The van der Waals surface area contributed by atoms with Crippen LogP contribution in [0.25, 0.3) is 0 Å². The molecule has 0 aromatic rings. The molecule has 144 valence electrons. The Balaban J connectivity index is 4.61. The molecule has 0 unspecified atom stereocenters. The molecule has 11 nitrogen and oxygen atoms in total. The van der Waals surface area contributed by atoms with E-state index < -0.39 is 17.9 Å². The molecule has 0 bridgehead atoms. The van der Waals surface area contributed by atoms with Gasteiger partial charge in [0.15, 0.2) is 0 Å². The topological polar surface area (TPSA) is 148 Å². The SMILES string of the molecule is CCN(CCN(CCN(COC=O)CC(=O)O)CC(=O)O)CC(=O)O. The number of hydrogen-bond acceptors (Lipinski definition) is 8. The lowest BCUT2D eigenvalue weighted by Crippen LogP contribution is -2.44. The normalized spacial score (nSPS) is 11.0. The first-order valence-electron chi connectivity index (χ1n) is 7.66. The lowest BCUT2D eigenvalue weighted by Gasteiger charge is -2.27. The zero-order valence-corrected chi connectivity index (χ0v) is 14.2. The molecule has 3 N–H and O–H groups in total. The van der Waals surface area contributed by atoms with Crippen molar-refractivity contribution in [1.29, 1.82) is 0 Å². The molecule has 25 heavy (non-hydrogen) atoms. The largest absolute Gasteiger partial charge is 0.480 e. The summed E-state index contributed by atoms with van der Waals surface area (Å²) >= 11 is 0. The second-order valence-corrected chi connectivity index (χ2v) is 5.27. The fourth-order valence-electron chi connectivity index (χ4n) is 2.08. The van der Waals surface area contributed by atoms with E-state index in [1.807, 2.05) is 0 Å². The lowest BCUT2D eigenvalue weighted by atomic mass is 10.3. The van der Waals surface area contributed by atoms with Gasteiger partial charge in [-0.3, -0.25) is 33.9 Å². The zero-order valence-electron chi connectivity index (χ0n) is 14.2. The molecule has 0 saturated carbocycles. The minimum Gasteiger partial charge on any atom is -0.480 e. The van der Waals surface area contributed by atoms with Gasteiger partial charge >= 0.3 is 17.9 Å². The van der Waals surface area contributed by atoms with E-state index in [1.54, 1.807) is 16.7 Å². The minimum atomic E-state index is -1.10. The molecule has 0 aliphatic heterocycles. The average Bonchev–Trinajstić information content (AvgIpc) is 2.51. The summed E-state index contributed by atoms with van der Waals surface area (Å²) in [6.45, 7) is 2.62. The first kappa shape index (κ1) is 22.8. The van der Waals surface area contributed by atoms with Crippen LogP contribution in [0.3, 0.4) is 0 Å². The van der Waals surface area contributed by atoms with Crippen LogP contribution in [0.5, 0.6) is 0 Å². The van der Waals surface area contributed by atoms with E-state index in [-0.39, 0.29) is 45.9 Å². The molecular weight excluding hydrogens is 338 g/mol. The van der Waals surface area contributed by atoms with Crippen LogP contribution >= 0.6 is 0 Å². The van der Waals surface area contributed by atoms with Crippen LogP contribution < -0.4 is 0 Å². The highest BCUT2D eigenvalue weighted by Crippen LogP contribution is 1.96.